The van der Waals surface area contributed by atoms with Gasteiger partial charge in [0.2, 0.25) is 5.91 Å². The van der Waals surface area contributed by atoms with Gasteiger partial charge in [0.1, 0.15) is 0 Å². The number of carbonyl (C=O) groups is 1. The number of amides is 1. The predicted molar refractivity (Wildman–Crippen MR) is 75.9 cm³/mol. The van der Waals surface area contributed by atoms with Crippen molar-refractivity contribution in [2.45, 2.75) is 31.8 Å². The quantitative estimate of drug-likeness (QED) is 0.929. The number of hydrogen-bond donors (Lipinski definition) is 1. The Balaban J connectivity index is 2.01. The molecule has 1 aromatic rings. The van der Waals surface area contributed by atoms with Gasteiger partial charge in [-0.3, -0.25) is 4.79 Å². The molecule has 0 heterocycles. The van der Waals surface area contributed by atoms with Gasteiger partial charge in [-0.1, -0.05) is 28.1 Å². The van der Waals surface area contributed by atoms with E-state index in [0.29, 0.717) is 12.5 Å². The maximum absolute atomic E-state index is 12.3. The Hall–Kier alpha value is -0.870. The molecular formula is C14H19BrN2O. The average Bonchev–Trinajstić information content (AvgIpc) is 3.15. The van der Waals surface area contributed by atoms with E-state index in [1.807, 2.05) is 38.2 Å². The largest absolute Gasteiger partial charge is 0.340 e. The minimum absolute atomic E-state index is 0.0351. The standard InChI is InChI=1S/C14H19BrN2O/c1-14(16,11-5-6-11)13(18)17(2)9-10-3-7-12(15)8-4-10/h3-4,7-8,11H,5-6,9,16H2,1-2H3. The van der Waals surface area contributed by atoms with Crippen LogP contribution in [0.3, 0.4) is 0 Å². The van der Waals surface area contributed by atoms with Crippen LogP contribution in [0.4, 0.5) is 0 Å². The van der Waals surface area contributed by atoms with Crippen LogP contribution in [0.25, 0.3) is 0 Å². The van der Waals surface area contributed by atoms with Gasteiger partial charge in [-0.25, -0.2) is 0 Å². The van der Waals surface area contributed by atoms with Gasteiger partial charge in [0.15, 0.2) is 0 Å². The number of likely N-dealkylation sites (N-methyl/N-ethyl adjacent to an activating group) is 1. The third-order valence-corrected chi connectivity index (χ3v) is 4.09. The summed E-state index contributed by atoms with van der Waals surface area (Å²) in [5.74, 6) is 0.394. The molecule has 4 heteroatoms. The van der Waals surface area contributed by atoms with Crippen LogP contribution in [0, 0.1) is 5.92 Å². The van der Waals surface area contributed by atoms with Crippen LogP contribution in [-0.2, 0) is 11.3 Å². The van der Waals surface area contributed by atoms with Crippen molar-refractivity contribution in [3.63, 3.8) is 0 Å². The summed E-state index contributed by atoms with van der Waals surface area (Å²) in [5, 5.41) is 0. The Morgan fingerprint density at radius 2 is 2.00 bits per heavy atom. The number of nitrogens with two attached hydrogens (primary N) is 1. The van der Waals surface area contributed by atoms with Crippen molar-refractivity contribution in [3.05, 3.63) is 34.3 Å². The first kappa shape index (κ1) is 13.6. The van der Waals surface area contributed by atoms with Gasteiger partial charge in [0, 0.05) is 18.1 Å². The van der Waals surface area contributed by atoms with E-state index in [0.717, 1.165) is 22.9 Å². The zero-order valence-electron chi connectivity index (χ0n) is 10.8. The fraction of sp³-hybridized carbons (Fsp3) is 0.500. The van der Waals surface area contributed by atoms with Crippen LogP contribution in [-0.4, -0.2) is 23.4 Å². The Bertz CT molecular complexity index is 438. The number of rotatable bonds is 4. The van der Waals surface area contributed by atoms with Gasteiger partial charge in [0.05, 0.1) is 5.54 Å². The Morgan fingerprint density at radius 1 is 1.44 bits per heavy atom. The average molecular weight is 311 g/mol. The minimum Gasteiger partial charge on any atom is -0.340 e. The molecule has 1 aromatic carbocycles. The van der Waals surface area contributed by atoms with Gasteiger partial charge < -0.3 is 10.6 Å². The summed E-state index contributed by atoms with van der Waals surface area (Å²) >= 11 is 3.40. The zero-order chi connectivity index (χ0) is 13.3. The number of hydrogen-bond acceptors (Lipinski definition) is 2. The lowest BCUT2D eigenvalue weighted by Crippen LogP contribution is -2.53. The van der Waals surface area contributed by atoms with Crippen molar-refractivity contribution in [2.24, 2.45) is 11.7 Å². The fourth-order valence-corrected chi connectivity index (χ4v) is 2.47. The number of carbonyl (C=O) groups excluding carboxylic acids is 1. The Morgan fingerprint density at radius 3 is 2.50 bits per heavy atom. The van der Waals surface area contributed by atoms with E-state index < -0.39 is 5.54 Å². The highest BCUT2D eigenvalue weighted by atomic mass is 79.9. The molecular weight excluding hydrogens is 292 g/mol. The number of benzene rings is 1. The maximum atomic E-state index is 12.3. The van der Waals surface area contributed by atoms with Crippen molar-refractivity contribution in [1.29, 1.82) is 0 Å². The normalized spacial score (nSPS) is 18.2. The topological polar surface area (TPSA) is 46.3 Å². The number of nitrogens with zero attached hydrogens (tertiary/aromatic N) is 1. The molecule has 18 heavy (non-hydrogen) atoms. The molecule has 0 spiro atoms. The number of halogens is 1. The highest BCUT2D eigenvalue weighted by Crippen LogP contribution is 2.38. The Labute approximate surface area is 116 Å². The van der Waals surface area contributed by atoms with Crippen molar-refractivity contribution in [3.8, 4) is 0 Å². The van der Waals surface area contributed by atoms with E-state index in [-0.39, 0.29) is 5.91 Å². The third kappa shape index (κ3) is 2.93. The molecule has 0 radical (unpaired) electrons. The second kappa shape index (κ2) is 5.02. The van der Waals surface area contributed by atoms with E-state index in [2.05, 4.69) is 15.9 Å². The van der Waals surface area contributed by atoms with E-state index >= 15 is 0 Å². The first-order valence-corrected chi connectivity index (χ1v) is 6.99. The smallest absolute Gasteiger partial charge is 0.242 e. The molecule has 0 bridgehead atoms. The molecule has 1 saturated carbocycles. The van der Waals surface area contributed by atoms with Gasteiger partial charge in [-0.2, -0.15) is 0 Å². The van der Waals surface area contributed by atoms with Gasteiger partial charge in [0.25, 0.3) is 0 Å². The minimum atomic E-state index is -0.704. The lowest BCUT2D eigenvalue weighted by molar-refractivity contribution is -0.136. The van der Waals surface area contributed by atoms with Crippen molar-refractivity contribution < 1.29 is 4.79 Å². The summed E-state index contributed by atoms with van der Waals surface area (Å²) in [5.41, 5.74) is 6.55. The van der Waals surface area contributed by atoms with E-state index in [1.165, 1.54) is 0 Å². The molecule has 2 rings (SSSR count). The summed E-state index contributed by atoms with van der Waals surface area (Å²) in [4.78, 5) is 14.0. The van der Waals surface area contributed by atoms with Gasteiger partial charge in [-0.05, 0) is 43.4 Å². The van der Waals surface area contributed by atoms with Crippen LogP contribution < -0.4 is 5.73 Å². The summed E-state index contributed by atoms with van der Waals surface area (Å²) < 4.78 is 1.04. The summed E-state index contributed by atoms with van der Waals surface area (Å²) in [7, 11) is 1.82. The highest BCUT2D eigenvalue weighted by Gasteiger charge is 2.45. The van der Waals surface area contributed by atoms with Gasteiger partial charge in [-0.15, -0.1) is 0 Å². The van der Waals surface area contributed by atoms with Crippen LogP contribution in [0.5, 0.6) is 0 Å². The first-order valence-electron chi connectivity index (χ1n) is 6.20. The van der Waals surface area contributed by atoms with Gasteiger partial charge >= 0.3 is 0 Å². The lowest BCUT2D eigenvalue weighted by atomic mass is 9.95. The molecule has 3 nitrogen and oxygen atoms in total. The summed E-state index contributed by atoms with van der Waals surface area (Å²) in [6.45, 7) is 2.46. The molecule has 0 saturated heterocycles. The molecule has 1 amide bonds. The van der Waals surface area contributed by atoms with Crippen LogP contribution in [0.1, 0.15) is 25.3 Å². The fourth-order valence-electron chi connectivity index (χ4n) is 2.20. The maximum Gasteiger partial charge on any atom is 0.242 e. The summed E-state index contributed by atoms with van der Waals surface area (Å²) in [6.07, 6.45) is 2.15. The van der Waals surface area contributed by atoms with Crippen LogP contribution in [0.2, 0.25) is 0 Å². The van der Waals surface area contributed by atoms with E-state index in [4.69, 9.17) is 5.73 Å². The molecule has 0 aromatic heterocycles. The molecule has 2 N–H and O–H groups in total. The first-order chi connectivity index (χ1) is 8.41. The monoisotopic (exact) mass is 310 g/mol. The Kier molecular flexibility index (Phi) is 3.78. The molecule has 98 valence electrons. The highest BCUT2D eigenvalue weighted by molar-refractivity contribution is 9.10. The van der Waals surface area contributed by atoms with Crippen LogP contribution >= 0.6 is 15.9 Å². The zero-order valence-corrected chi connectivity index (χ0v) is 12.4. The second-order valence-electron chi connectivity index (χ2n) is 5.34. The van der Waals surface area contributed by atoms with Crippen molar-refractivity contribution in [2.75, 3.05) is 7.05 Å². The van der Waals surface area contributed by atoms with E-state index in [1.54, 1.807) is 4.90 Å². The van der Waals surface area contributed by atoms with Crippen molar-refractivity contribution in [1.82, 2.24) is 4.90 Å². The SMILES string of the molecule is CN(Cc1ccc(Br)cc1)C(=O)C(C)(N)C1CC1. The molecule has 1 aliphatic carbocycles. The molecule has 0 aliphatic heterocycles. The summed E-state index contributed by atoms with van der Waals surface area (Å²) in [6, 6.07) is 7.99. The lowest BCUT2D eigenvalue weighted by Gasteiger charge is -2.29. The second-order valence-corrected chi connectivity index (χ2v) is 6.26. The van der Waals surface area contributed by atoms with E-state index in [9.17, 15) is 4.79 Å². The molecule has 1 atom stereocenters. The molecule has 1 aliphatic rings. The van der Waals surface area contributed by atoms with Crippen LogP contribution in [0.15, 0.2) is 28.7 Å². The third-order valence-electron chi connectivity index (χ3n) is 3.57. The molecule has 1 unspecified atom stereocenters. The van der Waals surface area contributed by atoms with Crippen molar-refractivity contribution >= 4 is 21.8 Å². The molecule has 1 fully saturated rings. The predicted octanol–water partition coefficient (Wildman–Crippen LogP) is 2.53.